The molecule has 29 heavy (non-hydrogen) atoms. The number of nitrogens with zero attached hydrogens (tertiary/aromatic N) is 2. The number of non-ortho nitro benzene ring substituents is 1. The van der Waals surface area contributed by atoms with Crippen LogP contribution < -0.4 is 20.2 Å². The van der Waals surface area contributed by atoms with Gasteiger partial charge in [-0.3, -0.25) is 19.7 Å². The highest BCUT2D eigenvalue weighted by atomic mass is 16.6. The lowest BCUT2D eigenvalue weighted by Gasteiger charge is -2.11. The molecule has 0 aliphatic heterocycles. The van der Waals surface area contributed by atoms with Gasteiger partial charge in [-0.25, -0.2) is 5.43 Å². The highest BCUT2D eigenvalue weighted by Crippen LogP contribution is 2.27. The average Bonchev–Trinajstić information content (AvgIpc) is 2.72. The molecule has 0 bridgehead atoms. The Bertz CT molecular complexity index is 929. The van der Waals surface area contributed by atoms with E-state index in [2.05, 4.69) is 15.8 Å². The van der Waals surface area contributed by atoms with Crippen molar-refractivity contribution in [3.8, 4) is 11.5 Å². The predicted octanol–water partition coefficient (Wildman–Crippen LogP) is 1.88. The summed E-state index contributed by atoms with van der Waals surface area (Å²) in [7, 11) is 1.46. The summed E-state index contributed by atoms with van der Waals surface area (Å²) < 4.78 is 10.7. The number of ether oxygens (including phenoxy) is 2. The average molecular weight is 400 g/mol. The number of nitrogens with one attached hydrogen (secondary N) is 2. The zero-order valence-corrected chi connectivity index (χ0v) is 15.9. The van der Waals surface area contributed by atoms with Crippen LogP contribution in [-0.4, -0.2) is 43.2 Å². The fourth-order valence-corrected chi connectivity index (χ4v) is 2.27. The predicted molar refractivity (Wildman–Crippen MR) is 105 cm³/mol. The van der Waals surface area contributed by atoms with E-state index in [0.29, 0.717) is 23.6 Å². The summed E-state index contributed by atoms with van der Waals surface area (Å²) in [5, 5.41) is 17.2. The number of rotatable bonds is 9. The molecule has 0 fully saturated rings. The molecule has 0 atom stereocenters. The van der Waals surface area contributed by atoms with E-state index in [1.165, 1.54) is 31.5 Å². The third-order valence-electron chi connectivity index (χ3n) is 3.62. The smallest absolute Gasteiger partial charge is 0.271 e. The van der Waals surface area contributed by atoms with Crippen LogP contribution in [0.2, 0.25) is 0 Å². The fraction of sp³-hybridized carbons (Fsp3) is 0.211. The van der Waals surface area contributed by atoms with Gasteiger partial charge in [-0.2, -0.15) is 5.10 Å². The third kappa shape index (κ3) is 6.31. The molecule has 2 N–H and O–H groups in total. The molecular formula is C19H20N4O6. The molecule has 10 heteroatoms. The lowest BCUT2D eigenvalue weighted by atomic mass is 10.2. The molecule has 0 saturated heterocycles. The van der Waals surface area contributed by atoms with Crippen LogP contribution in [0.15, 0.2) is 47.6 Å². The molecule has 0 heterocycles. The Labute approximate surface area is 166 Å². The monoisotopic (exact) mass is 400 g/mol. The highest BCUT2D eigenvalue weighted by Gasteiger charge is 2.11. The number of benzene rings is 2. The van der Waals surface area contributed by atoms with Crippen LogP contribution in [0, 0.1) is 10.1 Å². The van der Waals surface area contributed by atoms with Crippen molar-refractivity contribution in [2.75, 3.05) is 20.3 Å². The number of hydrazone groups is 1. The van der Waals surface area contributed by atoms with Gasteiger partial charge in [0, 0.05) is 24.2 Å². The molecule has 0 radical (unpaired) electrons. The second-order valence-corrected chi connectivity index (χ2v) is 5.66. The lowest BCUT2D eigenvalue weighted by Crippen LogP contribution is -2.28. The fourth-order valence-electron chi connectivity index (χ4n) is 2.27. The van der Waals surface area contributed by atoms with Crippen molar-refractivity contribution < 1.29 is 24.0 Å². The highest BCUT2D eigenvalue weighted by molar-refractivity contribution is 5.95. The Hall–Kier alpha value is -3.95. The number of carbonyl (C=O) groups excluding carboxylic acids is 2. The number of hydrogen-bond donors (Lipinski definition) is 2. The van der Waals surface area contributed by atoms with Crippen LogP contribution in [0.3, 0.4) is 0 Å². The van der Waals surface area contributed by atoms with Crippen LogP contribution in [0.25, 0.3) is 0 Å². The standard InChI is InChI=1S/C19H20N4O6/c1-3-20-18(24)12-29-16-8-7-13(9-17(16)28-2)11-21-22-19(25)14-5-4-6-15(10-14)23(26)27/h4-11H,3,12H2,1-2H3,(H,20,24)(H,22,25)/b21-11-. The SMILES string of the molecule is CCNC(=O)COc1ccc(/C=N\NC(=O)c2cccc([N+](=O)[O-])c2)cc1OC. The topological polar surface area (TPSA) is 132 Å². The molecule has 2 rings (SSSR count). The quantitative estimate of drug-likeness (QED) is 0.375. The molecule has 0 aromatic heterocycles. The van der Waals surface area contributed by atoms with Crippen molar-refractivity contribution in [2.24, 2.45) is 5.10 Å². The summed E-state index contributed by atoms with van der Waals surface area (Å²) in [5.41, 5.74) is 2.83. The van der Waals surface area contributed by atoms with Crippen LogP contribution in [0.4, 0.5) is 5.69 Å². The summed E-state index contributed by atoms with van der Waals surface area (Å²) in [6, 6.07) is 10.2. The van der Waals surface area contributed by atoms with E-state index >= 15 is 0 Å². The zero-order chi connectivity index (χ0) is 21.2. The molecule has 152 valence electrons. The number of methoxy groups -OCH3 is 1. The molecule has 0 unspecified atom stereocenters. The maximum absolute atomic E-state index is 12.1. The summed E-state index contributed by atoms with van der Waals surface area (Å²) in [5.74, 6) is -0.0531. The van der Waals surface area contributed by atoms with Gasteiger partial charge in [0.2, 0.25) is 0 Å². The number of carbonyl (C=O) groups is 2. The van der Waals surface area contributed by atoms with E-state index in [1.54, 1.807) is 18.2 Å². The largest absolute Gasteiger partial charge is 0.493 e. The first kappa shape index (κ1) is 21.4. The minimum absolute atomic E-state index is 0.114. The second kappa shape index (κ2) is 10.4. The molecule has 2 amide bonds. The summed E-state index contributed by atoms with van der Waals surface area (Å²) in [4.78, 5) is 33.7. The summed E-state index contributed by atoms with van der Waals surface area (Å²) >= 11 is 0. The van der Waals surface area contributed by atoms with E-state index in [-0.39, 0.29) is 23.8 Å². The maximum Gasteiger partial charge on any atom is 0.271 e. The van der Waals surface area contributed by atoms with Gasteiger partial charge < -0.3 is 14.8 Å². The molecule has 0 spiro atoms. The molecule has 2 aromatic carbocycles. The Balaban J connectivity index is 2.01. The van der Waals surface area contributed by atoms with Gasteiger partial charge in [-0.05, 0) is 36.8 Å². The van der Waals surface area contributed by atoms with Gasteiger partial charge in [0.1, 0.15) is 0 Å². The Kier molecular flexibility index (Phi) is 7.66. The Morgan fingerprint density at radius 3 is 2.69 bits per heavy atom. The maximum atomic E-state index is 12.1. The van der Waals surface area contributed by atoms with Crippen molar-refractivity contribution in [2.45, 2.75) is 6.92 Å². The van der Waals surface area contributed by atoms with Crippen molar-refractivity contribution in [3.63, 3.8) is 0 Å². The number of nitro groups is 1. The number of nitro benzene ring substituents is 1. The Morgan fingerprint density at radius 2 is 2.00 bits per heavy atom. The van der Waals surface area contributed by atoms with Gasteiger partial charge in [0.15, 0.2) is 18.1 Å². The second-order valence-electron chi connectivity index (χ2n) is 5.66. The first-order chi connectivity index (χ1) is 13.9. The molecule has 0 aliphatic rings. The normalized spacial score (nSPS) is 10.4. The van der Waals surface area contributed by atoms with Crippen LogP contribution in [-0.2, 0) is 4.79 Å². The van der Waals surface area contributed by atoms with Crippen molar-refractivity contribution in [3.05, 3.63) is 63.7 Å². The molecular weight excluding hydrogens is 380 g/mol. The minimum Gasteiger partial charge on any atom is -0.493 e. The Morgan fingerprint density at radius 1 is 1.21 bits per heavy atom. The van der Waals surface area contributed by atoms with Gasteiger partial charge in [-0.1, -0.05) is 6.07 Å². The van der Waals surface area contributed by atoms with Crippen molar-refractivity contribution in [1.29, 1.82) is 0 Å². The van der Waals surface area contributed by atoms with Gasteiger partial charge in [-0.15, -0.1) is 0 Å². The minimum atomic E-state index is -0.584. The molecule has 10 nitrogen and oxygen atoms in total. The molecule has 2 aromatic rings. The first-order valence-electron chi connectivity index (χ1n) is 8.60. The van der Waals surface area contributed by atoms with E-state index in [1.807, 2.05) is 6.92 Å². The first-order valence-corrected chi connectivity index (χ1v) is 8.60. The summed E-state index contributed by atoms with van der Waals surface area (Å²) in [6.45, 7) is 2.18. The van der Waals surface area contributed by atoms with E-state index in [0.717, 1.165) is 6.07 Å². The van der Waals surface area contributed by atoms with E-state index < -0.39 is 10.8 Å². The van der Waals surface area contributed by atoms with Gasteiger partial charge >= 0.3 is 0 Å². The number of likely N-dealkylation sites (N-methyl/N-ethyl adjacent to an activating group) is 1. The third-order valence-corrected chi connectivity index (χ3v) is 3.62. The number of amides is 2. The van der Waals surface area contributed by atoms with Crippen LogP contribution in [0.1, 0.15) is 22.8 Å². The van der Waals surface area contributed by atoms with Gasteiger partial charge in [0.25, 0.3) is 17.5 Å². The summed E-state index contributed by atoms with van der Waals surface area (Å²) in [6.07, 6.45) is 1.38. The lowest BCUT2D eigenvalue weighted by molar-refractivity contribution is -0.384. The van der Waals surface area contributed by atoms with E-state index in [9.17, 15) is 19.7 Å². The molecule has 0 saturated carbocycles. The van der Waals surface area contributed by atoms with Crippen LogP contribution in [0.5, 0.6) is 11.5 Å². The van der Waals surface area contributed by atoms with Gasteiger partial charge in [0.05, 0.1) is 18.2 Å². The van der Waals surface area contributed by atoms with Crippen LogP contribution >= 0.6 is 0 Å². The number of hydrogen-bond acceptors (Lipinski definition) is 7. The zero-order valence-electron chi connectivity index (χ0n) is 15.9. The van der Waals surface area contributed by atoms with Crippen molar-refractivity contribution >= 4 is 23.7 Å². The molecule has 0 aliphatic carbocycles. The van der Waals surface area contributed by atoms with E-state index in [4.69, 9.17) is 9.47 Å². The van der Waals surface area contributed by atoms with Crippen molar-refractivity contribution in [1.82, 2.24) is 10.7 Å².